The third kappa shape index (κ3) is 6.25. The number of aromatic nitrogens is 3. The molecule has 1 aliphatic carbocycles. The number of rotatable bonds is 4. The van der Waals surface area contributed by atoms with Crippen LogP contribution in [0.5, 0.6) is 0 Å². The Morgan fingerprint density at radius 3 is 2.65 bits per heavy atom. The Labute approximate surface area is 213 Å². The van der Waals surface area contributed by atoms with Crippen molar-refractivity contribution in [3.05, 3.63) is 35.3 Å². The topological polar surface area (TPSA) is 117 Å². The van der Waals surface area contributed by atoms with Gasteiger partial charge in [-0.2, -0.15) is 13.2 Å². The van der Waals surface area contributed by atoms with Crippen LogP contribution in [-0.4, -0.2) is 70.6 Å². The van der Waals surface area contributed by atoms with Gasteiger partial charge in [0.25, 0.3) is 0 Å². The van der Waals surface area contributed by atoms with E-state index in [1.807, 2.05) is 0 Å². The number of anilines is 1. The molecule has 9 nitrogen and oxygen atoms in total. The van der Waals surface area contributed by atoms with E-state index in [1.165, 1.54) is 18.3 Å². The fourth-order valence-corrected chi connectivity index (χ4v) is 5.27. The number of nitrogens with zero attached hydrogens (tertiary/aromatic N) is 3. The van der Waals surface area contributed by atoms with Crippen LogP contribution in [-0.2, 0) is 27.2 Å². The lowest BCUT2D eigenvalue weighted by atomic mass is 9.98. The second-order valence-corrected chi connectivity index (χ2v) is 12.7. The van der Waals surface area contributed by atoms with Crippen molar-refractivity contribution in [3.8, 4) is 11.3 Å². The van der Waals surface area contributed by atoms with Gasteiger partial charge in [0.2, 0.25) is 5.95 Å². The SMILES string of the molecule is CC(C)(C)OC(=O)N1CCC[C@H](Nc2ncc(C(F)(F)F)c(-c3c[nH]c4c3C=CC(S(C)(=O)=O)C4)n2)C1. The van der Waals surface area contributed by atoms with Gasteiger partial charge in [0.05, 0.1) is 10.9 Å². The molecule has 1 aliphatic heterocycles. The van der Waals surface area contributed by atoms with Crippen molar-refractivity contribution in [1.29, 1.82) is 0 Å². The number of halogens is 3. The molecule has 2 aliphatic rings. The van der Waals surface area contributed by atoms with E-state index in [4.69, 9.17) is 4.74 Å². The Kier molecular flexibility index (Phi) is 7.04. The number of fused-ring (bicyclic) bond motifs is 1. The first-order valence-corrected chi connectivity index (χ1v) is 13.8. The normalized spacial score (nSPS) is 20.5. The second kappa shape index (κ2) is 9.66. The third-order valence-corrected chi connectivity index (χ3v) is 7.62. The van der Waals surface area contributed by atoms with Gasteiger partial charge in [-0.1, -0.05) is 12.2 Å². The van der Waals surface area contributed by atoms with Gasteiger partial charge < -0.3 is 19.9 Å². The van der Waals surface area contributed by atoms with Crippen LogP contribution >= 0.6 is 0 Å². The number of nitrogens with one attached hydrogen (secondary N) is 2. The van der Waals surface area contributed by atoms with Crippen LogP contribution in [0.3, 0.4) is 0 Å². The highest BCUT2D eigenvalue weighted by molar-refractivity contribution is 7.91. The van der Waals surface area contributed by atoms with Gasteiger partial charge in [-0.15, -0.1) is 0 Å². The zero-order chi connectivity index (χ0) is 27.2. The van der Waals surface area contributed by atoms with E-state index < -0.39 is 38.5 Å². The van der Waals surface area contributed by atoms with Gasteiger partial charge in [0.15, 0.2) is 9.84 Å². The number of amides is 1. The Balaban J connectivity index is 1.61. The molecule has 0 bridgehead atoms. The van der Waals surface area contributed by atoms with Crippen molar-refractivity contribution in [3.63, 3.8) is 0 Å². The minimum absolute atomic E-state index is 0.00258. The molecule has 13 heteroatoms. The summed E-state index contributed by atoms with van der Waals surface area (Å²) in [6.07, 6.45) is 2.60. The smallest absolute Gasteiger partial charge is 0.419 e. The molecule has 1 amide bonds. The summed E-state index contributed by atoms with van der Waals surface area (Å²) in [7, 11) is -3.36. The molecule has 2 N–H and O–H groups in total. The number of carbonyl (C=O) groups excluding carboxylic acids is 1. The first kappa shape index (κ1) is 27.0. The third-order valence-electron chi connectivity index (χ3n) is 6.19. The monoisotopic (exact) mass is 541 g/mol. The maximum atomic E-state index is 13.9. The van der Waals surface area contributed by atoms with Crippen molar-refractivity contribution in [2.75, 3.05) is 24.7 Å². The summed E-state index contributed by atoms with van der Waals surface area (Å²) in [4.78, 5) is 25.1. The summed E-state index contributed by atoms with van der Waals surface area (Å²) in [5.41, 5.74) is -0.774. The molecule has 0 spiro atoms. The van der Waals surface area contributed by atoms with Crippen molar-refractivity contribution in [2.45, 2.75) is 63.1 Å². The molecule has 1 unspecified atom stereocenters. The van der Waals surface area contributed by atoms with E-state index in [0.29, 0.717) is 37.2 Å². The maximum absolute atomic E-state index is 13.9. The zero-order valence-electron chi connectivity index (χ0n) is 21.0. The molecule has 1 saturated heterocycles. The lowest BCUT2D eigenvalue weighted by Gasteiger charge is -2.34. The van der Waals surface area contributed by atoms with Crippen LogP contribution in [0.25, 0.3) is 17.3 Å². The number of piperidine rings is 1. The Morgan fingerprint density at radius 1 is 1.27 bits per heavy atom. The fourth-order valence-electron chi connectivity index (χ4n) is 4.43. The summed E-state index contributed by atoms with van der Waals surface area (Å²) >= 11 is 0. The molecule has 0 aromatic carbocycles. The average Bonchev–Trinajstić information content (AvgIpc) is 3.20. The lowest BCUT2D eigenvalue weighted by molar-refractivity contribution is -0.137. The molecule has 2 atom stereocenters. The van der Waals surface area contributed by atoms with Crippen LogP contribution in [0.1, 0.15) is 50.4 Å². The van der Waals surface area contributed by atoms with Gasteiger partial charge in [-0.05, 0) is 33.6 Å². The molecule has 0 radical (unpaired) electrons. The quantitative estimate of drug-likeness (QED) is 0.593. The van der Waals surface area contributed by atoms with Crippen molar-refractivity contribution >= 4 is 28.0 Å². The van der Waals surface area contributed by atoms with Gasteiger partial charge in [-0.25, -0.2) is 23.2 Å². The van der Waals surface area contributed by atoms with E-state index in [1.54, 1.807) is 25.7 Å². The summed E-state index contributed by atoms with van der Waals surface area (Å²) in [5, 5.41) is 2.32. The van der Waals surface area contributed by atoms with Gasteiger partial charge in [0.1, 0.15) is 11.2 Å². The zero-order valence-corrected chi connectivity index (χ0v) is 21.8. The Bertz CT molecular complexity index is 1310. The minimum Gasteiger partial charge on any atom is -0.444 e. The van der Waals surface area contributed by atoms with Crippen LogP contribution in [0, 0.1) is 0 Å². The predicted octanol–water partition coefficient (Wildman–Crippen LogP) is 4.28. The molecule has 3 heterocycles. The standard InChI is InChI=1S/C24H30F3N5O4S/c1-23(2,3)36-22(33)32-9-5-6-14(13-32)30-21-29-12-18(24(25,26)27)20(31-21)17-11-28-19-10-15(37(4,34)35)7-8-16(17)19/h7-8,11-12,14-15,28H,5-6,9-10,13H2,1-4H3,(H,29,30,31)/t14-,15?/m0/s1. The van der Waals surface area contributed by atoms with Gasteiger partial charge in [-0.3, -0.25) is 0 Å². The first-order chi connectivity index (χ1) is 17.1. The number of alkyl halides is 3. The summed E-state index contributed by atoms with van der Waals surface area (Å²) < 4.78 is 71.0. The molecular weight excluding hydrogens is 511 g/mol. The number of sulfone groups is 1. The number of aromatic amines is 1. The highest BCUT2D eigenvalue weighted by Gasteiger charge is 2.37. The van der Waals surface area contributed by atoms with Gasteiger partial charge >= 0.3 is 12.3 Å². The molecule has 2 aromatic heterocycles. The molecule has 4 rings (SSSR count). The number of H-pyrrole nitrogens is 1. The van der Waals surface area contributed by atoms with E-state index in [-0.39, 0.29) is 29.7 Å². The van der Waals surface area contributed by atoms with E-state index in [2.05, 4.69) is 20.3 Å². The Hall–Kier alpha value is -3.09. The average molecular weight is 542 g/mol. The number of hydrogen-bond acceptors (Lipinski definition) is 7. The number of likely N-dealkylation sites (tertiary alicyclic amines) is 1. The van der Waals surface area contributed by atoms with Crippen LogP contribution in [0.15, 0.2) is 18.5 Å². The van der Waals surface area contributed by atoms with E-state index in [0.717, 1.165) is 12.5 Å². The number of ether oxygens (including phenoxy) is 1. The van der Waals surface area contributed by atoms with Gasteiger partial charge in [0, 0.05) is 61.0 Å². The first-order valence-electron chi connectivity index (χ1n) is 11.9. The van der Waals surface area contributed by atoms with Crippen molar-refractivity contribution in [2.24, 2.45) is 0 Å². The highest BCUT2D eigenvalue weighted by Crippen LogP contribution is 2.39. The summed E-state index contributed by atoms with van der Waals surface area (Å²) in [5.74, 6) is 0.00258. The van der Waals surface area contributed by atoms with Crippen LogP contribution < -0.4 is 5.32 Å². The number of hydrogen-bond donors (Lipinski definition) is 2. The van der Waals surface area contributed by atoms with E-state index >= 15 is 0 Å². The summed E-state index contributed by atoms with van der Waals surface area (Å²) in [6, 6.07) is -0.276. The second-order valence-electron chi connectivity index (χ2n) is 10.4. The lowest BCUT2D eigenvalue weighted by Crippen LogP contribution is -2.47. The molecule has 202 valence electrons. The van der Waals surface area contributed by atoms with Crippen LogP contribution in [0.4, 0.5) is 23.9 Å². The van der Waals surface area contributed by atoms with Crippen molar-refractivity contribution < 1.29 is 31.1 Å². The minimum atomic E-state index is -4.70. The van der Waals surface area contributed by atoms with E-state index in [9.17, 15) is 26.4 Å². The van der Waals surface area contributed by atoms with Crippen LogP contribution in [0.2, 0.25) is 0 Å². The summed E-state index contributed by atoms with van der Waals surface area (Å²) in [6.45, 7) is 6.14. The van der Waals surface area contributed by atoms with Crippen molar-refractivity contribution in [1.82, 2.24) is 19.9 Å². The number of carbonyl (C=O) groups is 1. The molecule has 0 saturated carbocycles. The highest BCUT2D eigenvalue weighted by atomic mass is 32.2. The fraction of sp³-hybridized carbons (Fsp3) is 0.542. The molecule has 2 aromatic rings. The molecule has 37 heavy (non-hydrogen) atoms. The molecular formula is C24H30F3N5O4S. The predicted molar refractivity (Wildman–Crippen MR) is 133 cm³/mol. The largest absolute Gasteiger partial charge is 0.444 e. The molecule has 1 fully saturated rings. The Morgan fingerprint density at radius 2 is 2.00 bits per heavy atom. The maximum Gasteiger partial charge on any atom is 0.419 e.